The van der Waals surface area contributed by atoms with Crippen LogP contribution >= 0.6 is 0 Å². The first-order chi connectivity index (χ1) is 36.7. The zero-order chi connectivity index (χ0) is 56.9. The van der Waals surface area contributed by atoms with E-state index in [1.807, 2.05) is 0 Å². The van der Waals surface area contributed by atoms with Crippen LogP contribution in [-0.2, 0) is 37.9 Å². The highest BCUT2D eigenvalue weighted by Crippen LogP contribution is 2.58. The monoisotopic (exact) mass is 1040 g/mol. The number of hydrogen-bond donors (Lipinski definition) is 0. The van der Waals surface area contributed by atoms with Crippen molar-refractivity contribution in [3.63, 3.8) is 0 Å². The number of hydrogen-bond acceptors (Lipinski definition) is 3. The van der Waals surface area contributed by atoms with Crippen LogP contribution in [0.5, 0.6) is 0 Å². The molecule has 1 aliphatic carbocycles. The van der Waals surface area contributed by atoms with Crippen LogP contribution in [0.1, 0.15) is 183 Å². The lowest BCUT2D eigenvalue weighted by molar-refractivity contribution is 0.589. The highest BCUT2D eigenvalue weighted by molar-refractivity contribution is 7.00. The number of benzene rings is 8. The van der Waals surface area contributed by atoms with Gasteiger partial charge >= 0.3 is 0 Å². The fourth-order valence-electron chi connectivity index (χ4n) is 12.9. The molecule has 0 radical (unpaired) electrons. The summed E-state index contributed by atoms with van der Waals surface area (Å²) in [5, 5.41) is 0. The Morgan fingerprint density at radius 1 is 0.354 bits per heavy atom. The van der Waals surface area contributed by atoms with Crippen molar-refractivity contribution in [3.05, 3.63) is 202 Å². The third-order valence-electron chi connectivity index (χ3n) is 17.8. The van der Waals surface area contributed by atoms with E-state index in [1.165, 1.54) is 106 Å². The van der Waals surface area contributed by atoms with Gasteiger partial charge in [0.1, 0.15) is 0 Å². The molecule has 0 fully saturated rings. The summed E-state index contributed by atoms with van der Waals surface area (Å²) in [5.41, 5.74) is 27.5. The maximum absolute atomic E-state index is 2.67. The van der Waals surface area contributed by atoms with Crippen molar-refractivity contribution in [1.82, 2.24) is 0 Å². The molecule has 0 saturated carbocycles. The van der Waals surface area contributed by atoms with Gasteiger partial charge in [-0.1, -0.05) is 223 Å². The summed E-state index contributed by atoms with van der Waals surface area (Å²) in [7, 11) is 0. The van der Waals surface area contributed by atoms with E-state index in [2.05, 4.69) is 311 Å². The van der Waals surface area contributed by atoms with Crippen molar-refractivity contribution >= 4 is 74.3 Å². The van der Waals surface area contributed by atoms with Crippen LogP contribution in [-0.4, -0.2) is 6.71 Å². The van der Waals surface area contributed by atoms with Crippen LogP contribution in [0.15, 0.2) is 158 Å². The van der Waals surface area contributed by atoms with Crippen LogP contribution in [0.25, 0.3) is 11.1 Å². The number of anilines is 9. The van der Waals surface area contributed by atoms with E-state index in [9.17, 15) is 0 Å². The van der Waals surface area contributed by atoms with E-state index in [0.717, 1.165) is 17.1 Å². The third kappa shape index (κ3) is 9.24. The molecule has 0 spiro atoms. The average molecular weight is 1040 g/mol. The smallest absolute Gasteiger partial charge is 0.252 e. The molecule has 0 bridgehead atoms. The molecule has 2 heterocycles. The molecule has 0 atom stereocenters. The van der Waals surface area contributed by atoms with Crippen molar-refractivity contribution in [1.29, 1.82) is 0 Å². The molecule has 0 aromatic heterocycles. The number of nitrogens with zero attached hydrogens (tertiary/aromatic N) is 3. The molecule has 11 rings (SSSR count). The van der Waals surface area contributed by atoms with Crippen molar-refractivity contribution in [2.45, 2.75) is 176 Å². The summed E-state index contributed by atoms with van der Waals surface area (Å²) < 4.78 is 0. The lowest BCUT2D eigenvalue weighted by Gasteiger charge is -2.46. The highest BCUT2D eigenvalue weighted by atomic mass is 15.2. The van der Waals surface area contributed by atoms with Crippen molar-refractivity contribution in [2.75, 3.05) is 14.7 Å². The zero-order valence-corrected chi connectivity index (χ0v) is 51.4. The Kier molecular flexibility index (Phi) is 12.4. The van der Waals surface area contributed by atoms with Crippen molar-refractivity contribution < 1.29 is 0 Å². The van der Waals surface area contributed by atoms with Gasteiger partial charge in [-0.05, 0) is 177 Å². The third-order valence-corrected chi connectivity index (χ3v) is 17.8. The molecule has 3 nitrogen and oxygen atoms in total. The lowest BCUT2D eigenvalue weighted by Crippen LogP contribution is -2.61. The number of fused-ring (bicyclic) bond motifs is 7. The molecular formula is C75H86BN3. The van der Waals surface area contributed by atoms with Gasteiger partial charge in [-0.15, -0.1) is 0 Å². The molecule has 3 aliphatic rings. The lowest BCUT2D eigenvalue weighted by atomic mass is 9.33. The molecule has 0 N–H and O–H groups in total. The Labute approximate surface area is 476 Å². The van der Waals surface area contributed by atoms with Gasteiger partial charge in [0.15, 0.2) is 0 Å². The normalized spacial score (nSPS) is 14.9. The summed E-state index contributed by atoms with van der Waals surface area (Å²) in [6.45, 7) is 46.9. The van der Waals surface area contributed by atoms with Gasteiger partial charge < -0.3 is 14.7 Å². The Balaban J connectivity index is 1.27. The highest BCUT2D eigenvalue weighted by Gasteiger charge is 2.47. The molecule has 404 valence electrons. The maximum atomic E-state index is 2.67. The first-order valence-electron chi connectivity index (χ1n) is 29.2. The minimum Gasteiger partial charge on any atom is -0.311 e. The van der Waals surface area contributed by atoms with Gasteiger partial charge in [0.25, 0.3) is 6.71 Å². The molecule has 79 heavy (non-hydrogen) atoms. The summed E-state index contributed by atoms with van der Waals surface area (Å²) in [5.74, 6) is 0. The summed E-state index contributed by atoms with van der Waals surface area (Å²) in [4.78, 5) is 7.85. The van der Waals surface area contributed by atoms with Crippen LogP contribution in [0.4, 0.5) is 51.2 Å². The van der Waals surface area contributed by atoms with Crippen LogP contribution in [0.3, 0.4) is 0 Å². The Morgan fingerprint density at radius 3 is 1.18 bits per heavy atom. The quantitative estimate of drug-likeness (QED) is 0.159. The largest absolute Gasteiger partial charge is 0.311 e. The molecular weight excluding hydrogens is 954 g/mol. The van der Waals surface area contributed by atoms with Gasteiger partial charge in [-0.3, -0.25) is 0 Å². The predicted molar refractivity (Wildman–Crippen MR) is 345 cm³/mol. The van der Waals surface area contributed by atoms with E-state index in [1.54, 1.807) is 0 Å². The van der Waals surface area contributed by atoms with E-state index in [4.69, 9.17) is 0 Å². The molecule has 8 aromatic rings. The van der Waals surface area contributed by atoms with Crippen LogP contribution in [0.2, 0.25) is 0 Å². The second-order valence-electron chi connectivity index (χ2n) is 30.1. The SMILES string of the molecule is CC(C)(C)c1ccc(N(c2ccc(C(C)(C)C)cc2)c2cc(N3c4ccc(C(C)(C)C)cc4B4c5cc(C(C)(C)C)ccc5N(c5ccc(C(C)(C)C)cc5)c5cc(C(C)(C)C)cc3c54)cc3c2C(C)(C)c2ccccc2-3)cc1. The summed E-state index contributed by atoms with van der Waals surface area (Å²) >= 11 is 0. The van der Waals surface area contributed by atoms with Gasteiger partial charge in [-0.25, -0.2) is 0 Å². The van der Waals surface area contributed by atoms with Gasteiger partial charge in [-0.2, -0.15) is 0 Å². The van der Waals surface area contributed by atoms with Crippen molar-refractivity contribution in [3.8, 4) is 11.1 Å². The molecule has 0 unspecified atom stereocenters. The fraction of sp³-hybridized carbons (Fsp3) is 0.360. The molecule has 0 amide bonds. The topological polar surface area (TPSA) is 9.72 Å². The summed E-state index contributed by atoms with van der Waals surface area (Å²) in [6.07, 6.45) is 0. The standard InChI is InChI=1S/C75H86BN3/c1-69(2,3)47-25-33-53(34-26-47)77(54-35-27-48(28-36-54)70(4,5)6)64-46-56(45-58-57-23-21-22-24-59(57)75(19,20)67(58)64)79-63-40-32-51(73(13,14)15)42-61(63)76-60-41-50(72(10,11)12)31-39-62(60)78(55-37-29-49(30-38-55)71(7,8)9)65-43-52(74(16,17)18)44-66(79)68(65)76/h21-46H,1-20H3. The Morgan fingerprint density at radius 2 is 0.747 bits per heavy atom. The van der Waals surface area contributed by atoms with E-state index >= 15 is 0 Å². The molecule has 8 aromatic carbocycles. The van der Waals surface area contributed by atoms with Crippen LogP contribution in [0, 0.1) is 0 Å². The molecule has 0 saturated heterocycles. The van der Waals surface area contributed by atoms with E-state index in [-0.39, 0.29) is 44.6 Å². The minimum atomic E-state index is -0.302. The molecule has 4 heteroatoms. The Hall–Kier alpha value is -6.78. The maximum Gasteiger partial charge on any atom is 0.252 e. The summed E-state index contributed by atoms with van der Waals surface area (Å²) in [6, 6.07) is 62.5. The first kappa shape index (κ1) is 54.2. The zero-order valence-electron chi connectivity index (χ0n) is 51.4. The number of rotatable bonds is 5. The van der Waals surface area contributed by atoms with Crippen molar-refractivity contribution in [2.24, 2.45) is 0 Å². The second-order valence-corrected chi connectivity index (χ2v) is 30.1. The van der Waals surface area contributed by atoms with Crippen LogP contribution < -0.4 is 31.1 Å². The van der Waals surface area contributed by atoms with Gasteiger partial charge in [0, 0.05) is 50.9 Å². The first-order valence-corrected chi connectivity index (χ1v) is 29.2. The second kappa shape index (κ2) is 18.1. The van der Waals surface area contributed by atoms with Gasteiger partial charge in [0.2, 0.25) is 0 Å². The predicted octanol–water partition coefficient (Wildman–Crippen LogP) is 19.3. The van der Waals surface area contributed by atoms with E-state index < -0.39 is 0 Å². The van der Waals surface area contributed by atoms with Gasteiger partial charge in [0.05, 0.1) is 5.69 Å². The average Bonchev–Trinajstić information content (AvgIpc) is 2.84. The van der Waals surface area contributed by atoms with E-state index in [0.29, 0.717) is 0 Å². The minimum absolute atomic E-state index is 0.00982. The Bertz CT molecular complexity index is 3620. The molecule has 2 aliphatic heterocycles. The fourth-order valence-corrected chi connectivity index (χ4v) is 12.9.